The summed E-state index contributed by atoms with van der Waals surface area (Å²) in [5, 5.41) is 2.88. The summed E-state index contributed by atoms with van der Waals surface area (Å²) < 4.78 is 0. The lowest BCUT2D eigenvalue weighted by Gasteiger charge is -2.04. The molecule has 2 rings (SSSR count). The van der Waals surface area contributed by atoms with Gasteiger partial charge in [-0.2, -0.15) is 0 Å². The highest BCUT2D eigenvalue weighted by molar-refractivity contribution is 7.11. The summed E-state index contributed by atoms with van der Waals surface area (Å²) in [6, 6.07) is 7.65. The second kappa shape index (κ2) is 7.58. The molecule has 2 aromatic heterocycles. The molecule has 1 amide bonds. The van der Waals surface area contributed by atoms with E-state index >= 15 is 0 Å². The molecular formula is C16H17N3OS. The van der Waals surface area contributed by atoms with Gasteiger partial charge in [-0.05, 0) is 30.7 Å². The largest absolute Gasteiger partial charge is 0.346 e. The maximum atomic E-state index is 12.2. The van der Waals surface area contributed by atoms with Crippen LogP contribution >= 0.6 is 11.3 Å². The summed E-state index contributed by atoms with van der Waals surface area (Å²) in [5.74, 6) is 5.39. The van der Waals surface area contributed by atoms with E-state index in [0.29, 0.717) is 17.8 Å². The van der Waals surface area contributed by atoms with Crippen LogP contribution in [0.5, 0.6) is 0 Å². The molecule has 0 aliphatic heterocycles. The zero-order chi connectivity index (χ0) is 15.1. The van der Waals surface area contributed by atoms with Crippen molar-refractivity contribution in [1.29, 1.82) is 0 Å². The van der Waals surface area contributed by atoms with Crippen molar-refractivity contribution in [3.05, 3.63) is 51.5 Å². The van der Waals surface area contributed by atoms with Gasteiger partial charge in [-0.15, -0.1) is 11.3 Å². The number of nitrogens with one attached hydrogen (secondary N) is 1. The minimum atomic E-state index is -0.219. The van der Waals surface area contributed by atoms with Crippen molar-refractivity contribution in [1.82, 2.24) is 10.3 Å². The topological polar surface area (TPSA) is 68.0 Å². The van der Waals surface area contributed by atoms with Crippen molar-refractivity contribution in [3.8, 4) is 11.8 Å². The fraction of sp³-hybridized carbons (Fsp3) is 0.250. The second-order valence-corrected chi connectivity index (χ2v) is 5.56. The summed E-state index contributed by atoms with van der Waals surface area (Å²) in [4.78, 5) is 18.8. The number of aryl methyl sites for hydroxylation is 1. The lowest BCUT2D eigenvalue weighted by molar-refractivity contribution is 0.0946. The monoisotopic (exact) mass is 299 g/mol. The number of carbonyl (C=O) groups excluding carboxylic acids is 1. The smallest absolute Gasteiger partial charge is 0.271 e. The molecule has 0 fully saturated rings. The molecule has 0 radical (unpaired) electrons. The summed E-state index contributed by atoms with van der Waals surface area (Å²) in [7, 11) is 0. The van der Waals surface area contributed by atoms with Crippen LogP contribution in [0, 0.1) is 11.8 Å². The molecule has 0 spiro atoms. The van der Waals surface area contributed by atoms with Crippen molar-refractivity contribution >= 4 is 17.2 Å². The Bertz CT molecular complexity index is 682. The van der Waals surface area contributed by atoms with E-state index in [1.807, 2.05) is 6.07 Å². The van der Waals surface area contributed by atoms with Crippen LogP contribution in [0.1, 0.15) is 32.7 Å². The zero-order valence-corrected chi connectivity index (χ0v) is 12.7. The minimum absolute atomic E-state index is 0.219. The summed E-state index contributed by atoms with van der Waals surface area (Å²) in [6.45, 7) is 2.87. The number of pyridine rings is 1. The van der Waals surface area contributed by atoms with Crippen LogP contribution in [0.3, 0.4) is 0 Å². The molecule has 0 saturated carbocycles. The Balaban J connectivity index is 2.06. The maximum absolute atomic E-state index is 12.2. The van der Waals surface area contributed by atoms with Gasteiger partial charge in [-0.1, -0.05) is 18.8 Å². The number of aromatic nitrogens is 1. The lowest BCUT2D eigenvalue weighted by atomic mass is 10.2. The van der Waals surface area contributed by atoms with Gasteiger partial charge in [0, 0.05) is 16.0 Å². The van der Waals surface area contributed by atoms with Gasteiger partial charge in [-0.25, -0.2) is 4.98 Å². The fourth-order valence-corrected chi connectivity index (χ4v) is 2.69. The van der Waals surface area contributed by atoms with Crippen molar-refractivity contribution < 1.29 is 4.79 Å². The van der Waals surface area contributed by atoms with Gasteiger partial charge in [-0.3, -0.25) is 4.79 Å². The van der Waals surface area contributed by atoms with E-state index in [4.69, 9.17) is 5.73 Å². The zero-order valence-electron chi connectivity index (χ0n) is 11.8. The van der Waals surface area contributed by atoms with Crippen LogP contribution in [-0.2, 0) is 13.0 Å². The molecule has 0 bridgehead atoms. The number of hydrogen-bond acceptors (Lipinski definition) is 4. The summed E-state index contributed by atoms with van der Waals surface area (Å²) in [5.41, 5.74) is 6.30. The Kier molecular flexibility index (Phi) is 5.50. The first-order chi connectivity index (χ1) is 10.2. The minimum Gasteiger partial charge on any atom is -0.346 e. The molecular weight excluding hydrogens is 282 g/mol. The molecule has 2 heterocycles. The van der Waals surface area contributed by atoms with E-state index in [2.05, 4.69) is 35.1 Å². The van der Waals surface area contributed by atoms with E-state index in [9.17, 15) is 4.79 Å². The Hall–Kier alpha value is -2.16. The number of rotatable bonds is 4. The van der Waals surface area contributed by atoms with Crippen molar-refractivity contribution in [2.75, 3.05) is 6.54 Å². The SMILES string of the molecule is CCc1ccc(CNC(=O)c2ncccc2C#CCN)s1. The van der Waals surface area contributed by atoms with Crippen molar-refractivity contribution in [2.24, 2.45) is 5.73 Å². The lowest BCUT2D eigenvalue weighted by Crippen LogP contribution is -2.24. The van der Waals surface area contributed by atoms with Gasteiger partial charge in [0.15, 0.2) is 0 Å². The third kappa shape index (κ3) is 4.15. The maximum Gasteiger partial charge on any atom is 0.271 e. The highest BCUT2D eigenvalue weighted by Gasteiger charge is 2.11. The molecule has 2 aromatic rings. The second-order valence-electron chi connectivity index (χ2n) is 4.31. The number of hydrogen-bond donors (Lipinski definition) is 2. The molecule has 0 aliphatic carbocycles. The van der Waals surface area contributed by atoms with E-state index in [1.54, 1.807) is 29.7 Å². The first-order valence-corrected chi connectivity index (χ1v) is 7.56. The van der Waals surface area contributed by atoms with Crippen molar-refractivity contribution in [2.45, 2.75) is 19.9 Å². The molecule has 3 N–H and O–H groups in total. The van der Waals surface area contributed by atoms with Gasteiger partial charge < -0.3 is 11.1 Å². The van der Waals surface area contributed by atoms with Crippen molar-refractivity contribution in [3.63, 3.8) is 0 Å². The Morgan fingerprint density at radius 3 is 2.90 bits per heavy atom. The van der Waals surface area contributed by atoms with E-state index in [1.165, 1.54) is 4.88 Å². The number of nitrogens with two attached hydrogens (primary N) is 1. The molecule has 0 aromatic carbocycles. The molecule has 0 aliphatic rings. The predicted molar refractivity (Wildman–Crippen MR) is 85.0 cm³/mol. The number of amides is 1. The number of carbonyl (C=O) groups is 1. The number of nitrogens with zero attached hydrogens (tertiary/aromatic N) is 1. The van der Waals surface area contributed by atoms with Gasteiger partial charge in [0.05, 0.1) is 18.7 Å². The molecule has 0 saturated heterocycles. The Labute approximate surface area is 128 Å². The third-order valence-corrected chi connectivity index (χ3v) is 4.07. The van der Waals surface area contributed by atoms with Gasteiger partial charge in [0.25, 0.3) is 5.91 Å². The van der Waals surface area contributed by atoms with Gasteiger partial charge >= 0.3 is 0 Å². The average Bonchev–Trinajstić information content (AvgIpc) is 2.99. The standard InChI is InChI=1S/C16H17N3OS/c1-2-13-7-8-14(21-13)11-19-16(20)15-12(5-3-9-17)6-4-10-18-15/h4,6-8,10H,2,9,11,17H2,1H3,(H,19,20). The van der Waals surface area contributed by atoms with Gasteiger partial charge in [0.2, 0.25) is 0 Å². The highest BCUT2D eigenvalue weighted by Crippen LogP contribution is 2.16. The normalized spacial score (nSPS) is 9.81. The molecule has 0 atom stereocenters. The summed E-state index contributed by atoms with van der Waals surface area (Å²) in [6.07, 6.45) is 2.60. The van der Waals surface area contributed by atoms with Crippen LogP contribution < -0.4 is 11.1 Å². The van der Waals surface area contributed by atoms with Gasteiger partial charge in [0.1, 0.15) is 5.69 Å². The van der Waals surface area contributed by atoms with E-state index in [0.717, 1.165) is 11.3 Å². The van der Waals surface area contributed by atoms with Crippen LogP contribution in [-0.4, -0.2) is 17.4 Å². The third-order valence-electron chi connectivity index (χ3n) is 2.84. The quantitative estimate of drug-likeness (QED) is 0.848. The first kappa shape index (κ1) is 15.2. The number of thiophene rings is 1. The highest BCUT2D eigenvalue weighted by atomic mass is 32.1. The average molecular weight is 299 g/mol. The van der Waals surface area contributed by atoms with Crippen LogP contribution in [0.25, 0.3) is 0 Å². The molecule has 4 nitrogen and oxygen atoms in total. The Morgan fingerprint density at radius 2 is 2.19 bits per heavy atom. The van der Waals surface area contributed by atoms with Crippen LogP contribution in [0.15, 0.2) is 30.5 Å². The Morgan fingerprint density at radius 1 is 1.38 bits per heavy atom. The predicted octanol–water partition coefficient (Wildman–Crippen LogP) is 1.95. The van der Waals surface area contributed by atoms with Crippen LogP contribution in [0.4, 0.5) is 0 Å². The first-order valence-electron chi connectivity index (χ1n) is 6.74. The molecule has 0 unspecified atom stereocenters. The van der Waals surface area contributed by atoms with E-state index in [-0.39, 0.29) is 12.5 Å². The van der Waals surface area contributed by atoms with E-state index < -0.39 is 0 Å². The molecule has 108 valence electrons. The fourth-order valence-electron chi connectivity index (χ4n) is 1.79. The summed E-state index contributed by atoms with van der Waals surface area (Å²) >= 11 is 1.71. The molecule has 5 heteroatoms. The molecule has 21 heavy (non-hydrogen) atoms. The van der Waals surface area contributed by atoms with Crippen LogP contribution in [0.2, 0.25) is 0 Å².